The van der Waals surface area contributed by atoms with E-state index in [0.717, 1.165) is 0 Å². The predicted octanol–water partition coefficient (Wildman–Crippen LogP) is 0.466. The second-order valence-electron chi connectivity index (χ2n) is 3.26. The van der Waals surface area contributed by atoms with E-state index in [4.69, 9.17) is 5.73 Å². The summed E-state index contributed by atoms with van der Waals surface area (Å²) in [5.74, 6) is 0.711. The monoisotopic (exact) mass is 180 g/mol. The van der Waals surface area contributed by atoms with Gasteiger partial charge in [0.2, 0.25) is 0 Å². The molecule has 2 N–H and O–H groups in total. The van der Waals surface area contributed by atoms with Crippen LogP contribution in [0.5, 0.6) is 0 Å². The van der Waals surface area contributed by atoms with Crippen LogP contribution >= 0.6 is 0 Å². The van der Waals surface area contributed by atoms with Crippen LogP contribution in [0.25, 0.3) is 0 Å². The molecule has 2 unspecified atom stereocenters. The summed E-state index contributed by atoms with van der Waals surface area (Å²) in [5, 5.41) is 0. The van der Waals surface area contributed by atoms with Crippen LogP contribution in [0.15, 0.2) is 21.8 Å². The van der Waals surface area contributed by atoms with Crippen molar-refractivity contribution in [2.75, 3.05) is 14.1 Å². The van der Waals surface area contributed by atoms with Gasteiger partial charge in [-0.25, -0.2) is 0 Å². The van der Waals surface area contributed by atoms with Crippen LogP contribution in [0.4, 0.5) is 0 Å². The summed E-state index contributed by atoms with van der Waals surface area (Å²) in [6.45, 7) is 5.59. The van der Waals surface area contributed by atoms with Crippen LogP contribution < -0.4 is 5.73 Å². The first-order chi connectivity index (χ1) is 6.11. The Balaban J connectivity index is 2.95. The number of nitrogens with zero attached hydrogens (tertiary/aromatic N) is 3. The Morgan fingerprint density at radius 3 is 2.77 bits per heavy atom. The highest BCUT2D eigenvalue weighted by Gasteiger charge is 2.32. The maximum absolute atomic E-state index is 5.79. The van der Waals surface area contributed by atoms with Crippen molar-refractivity contribution in [3.05, 3.63) is 11.8 Å². The van der Waals surface area contributed by atoms with E-state index in [-0.39, 0.29) is 12.1 Å². The van der Waals surface area contributed by atoms with Gasteiger partial charge in [-0.3, -0.25) is 9.98 Å². The Labute approximate surface area is 78.9 Å². The van der Waals surface area contributed by atoms with Gasteiger partial charge in [0.1, 0.15) is 12.0 Å². The van der Waals surface area contributed by atoms with Gasteiger partial charge in [0, 0.05) is 20.3 Å². The van der Waals surface area contributed by atoms with E-state index < -0.39 is 0 Å². The lowest BCUT2D eigenvalue weighted by molar-refractivity contribution is 0.343. The summed E-state index contributed by atoms with van der Waals surface area (Å²) in [6.07, 6.45) is 2.03. The molecule has 0 spiro atoms. The van der Waals surface area contributed by atoms with Gasteiger partial charge in [-0.15, -0.1) is 0 Å². The van der Waals surface area contributed by atoms with Crippen LogP contribution in [0.1, 0.15) is 6.92 Å². The summed E-state index contributed by atoms with van der Waals surface area (Å²) in [6, 6.07) is 0. The largest absolute Gasteiger partial charge is 0.387 e. The molecule has 0 aromatic rings. The molecule has 1 aliphatic rings. The van der Waals surface area contributed by atoms with E-state index in [2.05, 4.69) is 16.7 Å². The van der Waals surface area contributed by atoms with Crippen molar-refractivity contribution >= 4 is 12.6 Å². The normalized spacial score (nSPS) is 29.0. The quantitative estimate of drug-likeness (QED) is 0.496. The fraction of sp³-hybridized carbons (Fsp3) is 0.556. The Hall–Kier alpha value is -1.32. The summed E-state index contributed by atoms with van der Waals surface area (Å²) >= 11 is 0. The van der Waals surface area contributed by atoms with Crippen LogP contribution in [-0.2, 0) is 0 Å². The third-order valence-corrected chi connectivity index (χ3v) is 2.38. The van der Waals surface area contributed by atoms with Crippen molar-refractivity contribution in [3.63, 3.8) is 0 Å². The summed E-state index contributed by atoms with van der Waals surface area (Å²) in [5.41, 5.74) is 6.97. The lowest BCUT2D eigenvalue weighted by Gasteiger charge is -2.22. The average Bonchev–Trinajstić information content (AvgIpc) is 2.39. The van der Waals surface area contributed by atoms with Crippen molar-refractivity contribution < 1.29 is 0 Å². The van der Waals surface area contributed by atoms with Gasteiger partial charge in [0.25, 0.3) is 0 Å². The minimum absolute atomic E-state index is 0.00343. The third-order valence-electron chi connectivity index (χ3n) is 2.38. The molecular formula is C9H16N4. The minimum atomic E-state index is 0.00343. The number of aliphatic imine (C=N–C) groups is 2. The molecule has 4 heteroatoms. The molecule has 4 nitrogen and oxygen atoms in total. The van der Waals surface area contributed by atoms with Gasteiger partial charge in [0.15, 0.2) is 0 Å². The van der Waals surface area contributed by atoms with Crippen LogP contribution in [0.3, 0.4) is 0 Å². The SMILES string of the molecule is C=NC1C(C(N)=NC)C(C)=CN1C. The molecule has 2 atom stereocenters. The highest BCUT2D eigenvalue weighted by molar-refractivity contribution is 5.86. The first-order valence-electron chi connectivity index (χ1n) is 4.20. The molecule has 0 aromatic heterocycles. The molecule has 0 aliphatic carbocycles. The van der Waals surface area contributed by atoms with Crippen LogP contribution in [0.2, 0.25) is 0 Å². The van der Waals surface area contributed by atoms with Crippen LogP contribution in [0, 0.1) is 5.92 Å². The van der Waals surface area contributed by atoms with Crippen molar-refractivity contribution in [2.24, 2.45) is 21.6 Å². The van der Waals surface area contributed by atoms with Crippen molar-refractivity contribution in [3.8, 4) is 0 Å². The molecule has 1 rings (SSSR count). The maximum Gasteiger partial charge on any atom is 0.133 e. The summed E-state index contributed by atoms with van der Waals surface area (Å²) < 4.78 is 0. The average molecular weight is 180 g/mol. The zero-order valence-corrected chi connectivity index (χ0v) is 8.36. The molecule has 72 valence electrons. The first-order valence-corrected chi connectivity index (χ1v) is 4.20. The van der Waals surface area contributed by atoms with E-state index >= 15 is 0 Å². The molecule has 0 amide bonds. The summed E-state index contributed by atoms with van der Waals surface area (Å²) in [4.78, 5) is 10.0. The molecule has 0 saturated carbocycles. The van der Waals surface area contributed by atoms with Crippen molar-refractivity contribution in [1.29, 1.82) is 0 Å². The van der Waals surface area contributed by atoms with E-state index in [9.17, 15) is 0 Å². The molecule has 0 fully saturated rings. The molecule has 13 heavy (non-hydrogen) atoms. The van der Waals surface area contributed by atoms with Gasteiger partial charge >= 0.3 is 0 Å². The molecular weight excluding hydrogens is 164 g/mol. The second kappa shape index (κ2) is 3.60. The van der Waals surface area contributed by atoms with Crippen molar-refractivity contribution in [2.45, 2.75) is 13.1 Å². The number of nitrogens with two attached hydrogens (primary N) is 1. The Morgan fingerprint density at radius 1 is 1.69 bits per heavy atom. The Bertz CT molecular complexity index is 267. The number of hydrogen-bond acceptors (Lipinski definition) is 3. The minimum Gasteiger partial charge on any atom is -0.387 e. The van der Waals surface area contributed by atoms with Crippen LogP contribution in [-0.4, -0.2) is 37.7 Å². The van der Waals surface area contributed by atoms with Gasteiger partial charge in [-0.2, -0.15) is 0 Å². The molecule has 1 aliphatic heterocycles. The molecule has 0 aromatic carbocycles. The van der Waals surface area contributed by atoms with Crippen molar-refractivity contribution in [1.82, 2.24) is 4.90 Å². The highest BCUT2D eigenvalue weighted by Crippen LogP contribution is 2.27. The van der Waals surface area contributed by atoms with E-state index in [1.54, 1.807) is 7.05 Å². The first kappa shape index (κ1) is 9.77. The maximum atomic E-state index is 5.79. The number of amidine groups is 1. The fourth-order valence-corrected chi connectivity index (χ4v) is 1.71. The zero-order chi connectivity index (χ0) is 10.0. The topological polar surface area (TPSA) is 54.0 Å². The van der Waals surface area contributed by atoms with Gasteiger partial charge in [-0.1, -0.05) is 0 Å². The molecule has 0 bridgehead atoms. The second-order valence-corrected chi connectivity index (χ2v) is 3.26. The molecule has 0 radical (unpaired) electrons. The third kappa shape index (κ3) is 1.56. The smallest absolute Gasteiger partial charge is 0.133 e. The van der Waals surface area contributed by atoms with Gasteiger partial charge in [0.05, 0.1) is 5.92 Å². The lowest BCUT2D eigenvalue weighted by atomic mass is 10.00. The highest BCUT2D eigenvalue weighted by atomic mass is 15.2. The van der Waals surface area contributed by atoms with Gasteiger partial charge in [-0.05, 0) is 19.2 Å². The number of hydrogen-bond donors (Lipinski definition) is 1. The number of rotatable bonds is 2. The van der Waals surface area contributed by atoms with E-state index in [0.29, 0.717) is 5.84 Å². The summed E-state index contributed by atoms with van der Waals surface area (Å²) in [7, 11) is 3.66. The van der Waals surface area contributed by atoms with E-state index in [1.807, 2.05) is 25.1 Å². The Morgan fingerprint density at radius 2 is 2.31 bits per heavy atom. The van der Waals surface area contributed by atoms with Gasteiger partial charge < -0.3 is 10.6 Å². The zero-order valence-electron chi connectivity index (χ0n) is 8.36. The van der Waals surface area contributed by atoms with E-state index in [1.165, 1.54) is 5.57 Å². The molecule has 0 saturated heterocycles. The predicted molar refractivity (Wildman–Crippen MR) is 55.9 cm³/mol. The fourth-order valence-electron chi connectivity index (χ4n) is 1.71. The molecule has 1 heterocycles. The standard InChI is InChI=1S/C9H16N4/c1-6-5-13(4)9(12-3)7(6)8(10)11-2/h5,7,9H,3H2,1-2,4H3,(H2,10,11). The lowest BCUT2D eigenvalue weighted by Crippen LogP contribution is -2.36. The Kier molecular flexibility index (Phi) is 2.70.